The van der Waals surface area contributed by atoms with Gasteiger partial charge in [-0.25, -0.2) is 0 Å². The molecule has 0 aromatic rings. The zero-order chi connectivity index (χ0) is 9.69. The quantitative estimate of drug-likeness (QED) is 0.503. The van der Waals surface area contributed by atoms with Crippen LogP contribution in [-0.4, -0.2) is 15.1 Å². The summed E-state index contributed by atoms with van der Waals surface area (Å²) < 4.78 is 2.19. The van der Waals surface area contributed by atoms with Crippen LogP contribution in [0.4, 0.5) is 0 Å². The monoisotopic (exact) mass is 314 g/mol. The van der Waals surface area contributed by atoms with Crippen molar-refractivity contribution in [3.8, 4) is 0 Å². The summed E-state index contributed by atoms with van der Waals surface area (Å²) in [5.74, 6) is 0. The van der Waals surface area contributed by atoms with Crippen LogP contribution in [0.5, 0.6) is 0 Å². The molecule has 0 nitrogen and oxygen atoms in total. The predicted octanol–water partition coefficient (Wildman–Crippen LogP) is 4.42. The van der Waals surface area contributed by atoms with Crippen LogP contribution in [0, 0.1) is 0 Å². The van der Waals surface area contributed by atoms with E-state index in [4.69, 9.17) is 17.7 Å². The van der Waals surface area contributed by atoms with Crippen LogP contribution in [0.3, 0.4) is 0 Å². The van der Waals surface area contributed by atoms with Gasteiger partial charge in [0.2, 0.25) is 0 Å². The van der Waals surface area contributed by atoms with Crippen LogP contribution in [0.1, 0.15) is 0 Å². The third-order valence-corrected chi connectivity index (χ3v) is 16.1. The van der Waals surface area contributed by atoms with E-state index in [0.29, 0.717) is 0 Å². The Morgan fingerprint density at radius 2 is 1.08 bits per heavy atom. The second kappa shape index (κ2) is 4.74. The molecule has 0 aromatic heterocycles. The van der Waals surface area contributed by atoms with Crippen molar-refractivity contribution in [3.63, 3.8) is 0 Å². The van der Waals surface area contributed by atoms with Gasteiger partial charge in [0.05, 0.1) is 0 Å². The van der Waals surface area contributed by atoms with Gasteiger partial charge in [-0.05, 0) is 0 Å². The summed E-state index contributed by atoms with van der Waals surface area (Å²) in [7, 11) is 12.9. The molecular formula is C9H15Cl2Sb. The fourth-order valence-electron chi connectivity index (χ4n) is 1.06. The van der Waals surface area contributed by atoms with Crippen molar-refractivity contribution in [2.45, 2.75) is 13.1 Å². The zero-order valence-electron chi connectivity index (χ0n) is 7.18. The standard InChI is InChI=1S/3C3H5.2ClH.Sb/c3*1-3-2;;;/h3*3H,1-2H2;2*1H;/q;;;;;+2/p-2. The summed E-state index contributed by atoms with van der Waals surface area (Å²) in [5.41, 5.74) is 0. The van der Waals surface area contributed by atoms with Crippen LogP contribution in [0.2, 0.25) is 13.1 Å². The van der Waals surface area contributed by atoms with Crippen molar-refractivity contribution in [3.05, 3.63) is 38.0 Å². The minimum atomic E-state index is -3.41. The summed E-state index contributed by atoms with van der Waals surface area (Å²) in [4.78, 5) is 0. The molecule has 0 aliphatic heterocycles. The number of hydrogen-bond donors (Lipinski definition) is 0. The van der Waals surface area contributed by atoms with Crippen molar-refractivity contribution in [1.29, 1.82) is 0 Å². The topological polar surface area (TPSA) is 0 Å². The molecule has 0 aliphatic rings. The van der Waals surface area contributed by atoms with E-state index >= 15 is 0 Å². The summed E-state index contributed by atoms with van der Waals surface area (Å²) in [6, 6.07) is 0. The molecule has 0 spiro atoms. The van der Waals surface area contributed by atoms with Gasteiger partial charge in [-0.15, -0.1) is 0 Å². The van der Waals surface area contributed by atoms with E-state index in [1.165, 1.54) is 0 Å². The van der Waals surface area contributed by atoms with E-state index in [1.54, 1.807) is 18.2 Å². The number of hydrogen-bond acceptors (Lipinski definition) is 0. The predicted molar refractivity (Wildman–Crippen MR) is 62.5 cm³/mol. The molecule has 0 heterocycles. The summed E-state index contributed by atoms with van der Waals surface area (Å²) in [6.07, 6.45) is 5.40. The molecular weight excluding hydrogens is 301 g/mol. The van der Waals surface area contributed by atoms with Crippen molar-refractivity contribution in [2.24, 2.45) is 0 Å². The molecule has 0 N–H and O–H groups in total. The van der Waals surface area contributed by atoms with Gasteiger partial charge in [0.25, 0.3) is 0 Å². The third kappa shape index (κ3) is 4.03. The Morgan fingerprint density at radius 1 is 0.833 bits per heavy atom. The average Bonchev–Trinajstić information content (AvgIpc) is 1.86. The molecule has 3 heteroatoms. The fourth-order valence-corrected chi connectivity index (χ4v) is 11.1. The van der Waals surface area contributed by atoms with Gasteiger partial charge < -0.3 is 0 Å². The zero-order valence-corrected chi connectivity index (χ0v) is 11.2. The fraction of sp³-hybridized carbons (Fsp3) is 0.333. The van der Waals surface area contributed by atoms with Crippen LogP contribution < -0.4 is 0 Å². The molecule has 70 valence electrons. The molecule has 0 aromatic carbocycles. The normalized spacial score (nSPS) is 14.3. The molecule has 12 heavy (non-hydrogen) atoms. The van der Waals surface area contributed by atoms with Gasteiger partial charge in [0, 0.05) is 0 Å². The van der Waals surface area contributed by atoms with Gasteiger partial charge in [-0.3, -0.25) is 0 Å². The molecule has 0 amide bonds. The van der Waals surface area contributed by atoms with Crippen molar-refractivity contribution in [2.75, 3.05) is 0 Å². The van der Waals surface area contributed by atoms with Gasteiger partial charge >= 0.3 is 83.8 Å². The van der Waals surface area contributed by atoms with Crippen molar-refractivity contribution < 1.29 is 0 Å². The summed E-state index contributed by atoms with van der Waals surface area (Å²) in [5, 5.41) is 0. The Labute approximate surface area is 83.3 Å². The first kappa shape index (κ1) is 12.6. The maximum atomic E-state index is 6.45. The first-order valence-electron chi connectivity index (χ1n) is 3.74. The Morgan fingerprint density at radius 3 is 1.25 bits per heavy atom. The van der Waals surface area contributed by atoms with Crippen LogP contribution in [0.15, 0.2) is 38.0 Å². The van der Waals surface area contributed by atoms with Gasteiger partial charge in [-0.1, -0.05) is 0 Å². The third-order valence-electron chi connectivity index (χ3n) is 1.58. The maximum absolute atomic E-state index is 6.45. The molecule has 0 bridgehead atoms. The molecule has 0 rings (SSSR count). The Hall–Kier alpha value is 0.618. The van der Waals surface area contributed by atoms with E-state index in [2.05, 4.69) is 19.7 Å². The van der Waals surface area contributed by atoms with Crippen molar-refractivity contribution in [1.82, 2.24) is 0 Å². The molecule has 0 atom stereocenters. The average molecular weight is 316 g/mol. The van der Waals surface area contributed by atoms with E-state index in [-0.39, 0.29) is 0 Å². The second-order valence-electron chi connectivity index (χ2n) is 2.87. The Bertz CT molecular complexity index is 163. The SMILES string of the molecule is C=C[CH2][Sb]([Cl])([Cl])([CH2]C=C)[CH2]C=C. The number of halogens is 2. The molecule has 0 unspecified atom stereocenters. The minimum absolute atomic E-state index is 0.731. The van der Waals surface area contributed by atoms with Crippen LogP contribution >= 0.6 is 17.7 Å². The first-order chi connectivity index (χ1) is 5.46. The summed E-state index contributed by atoms with van der Waals surface area (Å²) >= 11 is -3.41. The van der Waals surface area contributed by atoms with E-state index in [1.807, 2.05) is 0 Å². The molecule has 0 saturated carbocycles. The van der Waals surface area contributed by atoms with E-state index in [0.717, 1.165) is 13.1 Å². The number of allylic oxidation sites excluding steroid dienone is 3. The van der Waals surface area contributed by atoms with E-state index in [9.17, 15) is 0 Å². The molecule has 0 radical (unpaired) electrons. The van der Waals surface area contributed by atoms with Gasteiger partial charge in [-0.2, -0.15) is 0 Å². The molecule has 0 saturated heterocycles. The van der Waals surface area contributed by atoms with Gasteiger partial charge in [0.1, 0.15) is 0 Å². The molecule has 0 fully saturated rings. The van der Waals surface area contributed by atoms with Crippen LogP contribution in [0.25, 0.3) is 0 Å². The van der Waals surface area contributed by atoms with Crippen molar-refractivity contribution >= 4 is 32.8 Å². The van der Waals surface area contributed by atoms with Crippen LogP contribution in [-0.2, 0) is 0 Å². The first-order valence-corrected chi connectivity index (χ1v) is 15.6. The second-order valence-corrected chi connectivity index (χ2v) is 27.3. The van der Waals surface area contributed by atoms with Gasteiger partial charge in [0.15, 0.2) is 0 Å². The molecule has 0 aliphatic carbocycles. The Kier molecular flexibility index (Phi) is 4.99. The summed E-state index contributed by atoms with van der Waals surface area (Å²) in [6.45, 7) is 11.0. The van der Waals surface area contributed by atoms with E-state index < -0.39 is 15.1 Å². The Balaban J connectivity index is 4.62. The number of rotatable bonds is 6.